The quantitative estimate of drug-likeness (QED) is 0.682. The topological polar surface area (TPSA) is 80.2 Å². The van der Waals surface area contributed by atoms with Crippen molar-refractivity contribution in [1.82, 2.24) is 10.2 Å². The summed E-state index contributed by atoms with van der Waals surface area (Å²) in [5, 5.41) is 5.69. The first-order valence-electron chi connectivity index (χ1n) is 10.5. The van der Waals surface area contributed by atoms with Gasteiger partial charge in [0.05, 0.1) is 36.9 Å². The SMILES string of the molecule is COC(=O)C1=C(C)N=C2SC=C(CC(=O)NC[C@H]3CCCO3)N2[C@H]1c1ccccc1C. The van der Waals surface area contributed by atoms with Gasteiger partial charge < -0.3 is 19.7 Å². The van der Waals surface area contributed by atoms with Crippen LogP contribution in [0.25, 0.3) is 0 Å². The molecular formula is C23H27N3O4S. The lowest BCUT2D eigenvalue weighted by Gasteiger charge is -2.36. The van der Waals surface area contributed by atoms with Gasteiger partial charge in [-0.3, -0.25) is 4.79 Å². The number of rotatable bonds is 6. The number of thioether (sulfide) groups is 1. The molecule has 3 aliphatic rings. The molecule has 1 saturated heterocycles. The number of carbonyl (C=O) groups excluding carboxylic acids is 2. The standard InChI is InChI=1S/C23H27N3O4S/c1-14-7-4-5-9-18(14)21-20(22(28)29-3)15(2)25-23-26(21)16(13-31-23)11-19(27)24-12-17-8-6-10-30-17/h4-5,7,9,13,17,21H,6,8,10-12H2,1-3H3,(H,24,27)/t17-,21+/m1/s1. The third kappa shape index (κ3) is 4.41. The van der Waals surface area contributed by atoms with Crippen molar-refractivity contribution in [2.45, 2.75) is 45.3 Å². The van der Waals surface area contributed by atoms with Crippen molar-refractivity contribution >= 4 is 28.8 Å². The number of allylic oxidation sites excluding steroid dienone is 1. The number of carbonyl (C=O) groups is 2. The monoisotopic (exact) mass is 441 g/mol. The maximum atomic E-state index is 12.7. The van der Waals surface area contributed by atoms with Gasteiger partial charge in [-0.25, -0.2) is 9.79 Å². The molecule has 1 aromatic carbocycles. The van der Waals surface area contributed by atoms with E-state index in [9.17, 15) is 9.59 Å². The fourth-order valence-corrected chi connectivity index (χ4v) is 5.15. The molecule has 0 unspecified atom stereocenters. The van der Waals surface area contributed by atoms with Gasteiger partial charge in [0, 0.05) is 18.8 Å². The highest BCUT2D eigenvalue weighted by atomic mass is 32.2. The Morgan fingerprint density at radius 2 is 2.13 bits per heavy atom. The smallest absolute Gasteiger partial charge is 0.338 e. The lowest BCUT2D eigenvalue weighted by atomic mass is 9.91. The lowest BCUT2D eigenvalue weighted by Crippen LogP contribution is -2.39. The molecule has 1 amide bonds. The summed E-state index contributed by atoms with van der Waals surface area (Å²) in [6.45, 7) is 5.13. The van der Waals surface area contributed by atoms with Crippen LogP contribution < -0.4 is 5.32 Å². The van der Waals surface area contributed by atoms with Gasteiger partial charge >= 0.3 is 5.97 Å². The number of ether oxygens (including phenoxy) is 2. The van der Waals surface area contributed by atoms with Crippen molar-refractivity contribution in [1.29, 1.82) is 0 Å². The van der Waals surface area contributed by atoms with Gasteiger partial charge in [0.15, 0.2) is 5.17 Å². The van der Waals surface area contributed by atoms with Gasteiger partial charge in [-0.15, -0.1) is 0 Å². The maximum absolute atomic E-state index is 12.7. The molecule has 1 aromatic rings. The molecule has 7 nitrogen and oxygen atoms in total. The fourth-order valence-electron chi connectivity index (χ4n) is 4.19. The van der Waals surface area contributed by atoms with Crippen molar-refractivity contribution in [2.75, 3.05) is 20.3 Å². The van der Waals surface area contributed by atoms with Crippen LogP contribution >= 0.6 is 11.8 Å². The van der Waals surface area contributed by atoms with Crippen LogP contribution in [-0.4, -0.2) is 48.3 Å². The summed E-state index contributed by atoms with van der Waals surface area (Å²) < 4.78 is 10.7. The van der Waals surface area contributed by atoms with Crippen LogP contribution in [0.3, 0.4) is 0 Å². The zero-order chi connectivity index (χ0) is 22.0. The Labute approximate surface area is 186 Å². The molecule has 2 atom stereocenters. The van der Waals surface area contributed by atoms with E-state index in [1.807, 2.05) is 48.4 Å². The number of amidine groups is 1. The lowest BCUT2D eigenvalue weighted by molar-refractivity contribution is -0.136. The molecule has 0 aliphatic carbocycles. The fraction of sp³-hybridized carbons (Fsp3) is 0.435. The molecule has 0 spiro atoms. The van der Waals surface area contributed by atoms with Crippen molar-refractivity contribution in [3.05, 3.63) is 57.8 Å². The number of hydrogen-bond acceptors (Lipinski definition) is 7. The number of methoxy groups -OCH3 is 1. The van der Waals surface area contributed by atoms with Crippen molar-refractivity contribution in [2.24, 2.45) is 4.99 Å². The van der Waals surface area contributed by atoms with Crippen LogP contribution in [0.4, 0.5) is 0 Å². The molecule has 1 fully saturated rings. The second-order valence-electron chi connectivity index (χ2n) is 7.86. The average molecular weight is 442 g/mol. The van der Waals surface area contributed by atoms with Crippen molar-refractivity contribution in [3.63, 3.8) is 0 Å². The molecule has 3 heterocycles. The van der Waals surface area contributed by atoms with Crippen molar-refractivity contribution < 1.29 is 19.1 Å². The van der Waals surface area contributed by atoms with Crippen molar-refractivity contribution in [3.8, 4) is 0 Å². The third-order valence-corrected chi connectivity index (χ3v) is 6.67. The normalized spacial score (nSPS) is 22.7. The Balaban J connectivity index is 1.61. The minimum atomic E-state index is -0.410. The van der Waals surface area contributed by atoms with E-state index in [0.29, 0.717) is 17.8 Å². The Morgan fingerprint density at radius 3 is 2.84 bits per heavy atom. The molecule has 8 heteroatoms. The van der Waals surface area contributed by atoms with E-state index in [2.05, 4.69) is 10.3 Å². The second-order valence-corrected chi connectivity index (χ2v) is 8.69. The zero-order valence-electron chi connectivity index (χ0n) is 18.0. The van der Waals surface area contributed by atoms with E-state index in [1.165, 1.54) is 18.9 Å². The summed E-state index contributed by atoms with van der Waals surface area (Å²) in [5.41, 5.74) is 3.99. The van der Waals surface area contributed by atoms with Crippen LogP contribution in [-0.2, 0) is 19.1 Å². The summed E-state index contributed by atoms with van der Waals surface area (Å²) in [7, 11) is 1.38. The van der Waals surface area contributed by atoms with E-state index < -0.39 is 12.0 Å². The summed E-state index contributed by atoms with van der Waals surface area (Å²) in [4.78, 5) is 32.1. The Kier molecular flexibility index (Phi) is 6.48. The van der Waals surface area contributed by atoms with Crippen LogP contribution in [0, 0.1) is 6.92 Å². The molecule has 0 aromatic heterocycles. The molecule has 0 saturated carbocycles. The van der Waals surface area contributed by atoms with Gasteiger partial charge in [-0.05, 0) is 43.2 Å². The first-order chi connectivity index (χ1) is 15.0. The van der Waals surface area contributed by atoms with E-state index in [4.69, 9.17) is 9.47 Å². The van der Waals surface area contributed by atoms with Crippen LogP contribution in [0.1, 0.15) is 43.4 Å². The number of aryl methyl sites for hydroxylation is 1. The average Bonchev–Trinajstić information content (AvgIpc) is 3.41. The molecular weight excluding hydrogens is 414 g/mol. The van der Waals surface area contributed by atoms with E-state index in [0.717, 1.165) is 41.4 Å². The summed E-state index contributed by atoms with van der Waals surface area (Å²) >= 11 is 1.47. The van der Waals surface area contributed by atoms with Gasteiger partial charge in [-0.1, -0.05) is 36.0 Å². The Bertz CT molecular complexity index is 979. The Morgan fingerprint density at radius 1 is 1.32 bits per heavy atom. The van der Waals surface area contributed by atoms with Gasteiger partial charge in [0.1, 0.15) is 0 Å². The third-order valence-electron chi connectivity index (χ3n) is 5.78. The molecule has 31 heavy (non-hydrogen) atoms. The molecule has 4 rings (SSSR count). The number of nitrogens with one attached hydrogen (secondary N) is 1. The number of amides is 1. The van der Waals surface area contributed by atoms with Gasteiger partial charge in [0.25, 0.3) is 0 Å². The van der Waals surface area contributed by atoms with Crippen LogP contribution in [0.5, 0.6) is 0 Å². The number of hydrogen-bond donors (Lipinski definition) is 1. The zero-order valence-corrected chi connectivity index (χ0v) is 18.8. The van der Waals surface area contributed by atoms with E-state index in [-0.39, 0.29) is 18.4 Å². The molecule has 1 N–H and O–H groups in total. The predicted molar refractivity (Wildman–Crippen MR) is 120 cm³/mol. The highest BCUT2D eigenvalue weighted by molar-refractivity contribution is 8.16. The predicted octanol–water partition coefficient (Wildman–Crippen LogP) is 3.43. The number of esters is 1. The highest BCUT2D eigenvalue weighted by Crippen LogP contribution is 2.45. The van der Waals surface area contributed by atoms with Crippen LogP contribution in [0.15, 0.2) is 51.6 Å². The minimum absolute atomic E-state index is 0.0713. The summed E-state index contributed by atoms with van der Waals surface area (Å²) in [5.74, 6) is -0.481. The number of fused-ring (bicyclic) bond motifs is 1. The molecule has 164 valence electrons. The van der Waals surface area contributed by atoms with E-state index >= 15 is 0 Å². The molecule has 3 aliphatic heterocycles. The van der Waals surface area contributed by atoms with Crippen LogP contribution in [0.2, 0.25) is 0 Å². The highest BCUT2D eigenvalue weighted by Gasteiger charge is 2.41. The first kappa shape index (κ1) is 21.6. The summed E-state index contributed by atoms with van der Waals surface area (Å²) in [6, 6.07) is 7.56. The van der Waals surface area contributed by atoms with E-state index in [1.54, 1.807) is 0 Å². The number of aliphatic imine (C=N–C) groups is 1. The maximum Gasteiger partial charge on any atom is 0.338 e. The summed E-state index contributed by atoms with van der Waals surface area (Å²) in [6.07, 6.45) is 2.31. The molecule has 0 radical (unpaired) electrons. The van der Waals surface area contributed by atoms with Gasteiger partial charge in [0.2, 0.25) is 5.91 Å². The first-order valence-corrected chi connectivity index (χ1v) is 11.3. The second kappa shape index (κ2) is 9.28. The largest absolute Gasteiger partial charge is 0.466 e. The Hall–Kier alpha value is -2.58. The number of nitrogens with zero attached hydrogens (tertiary/aromatic N) is 2. The molecule has 0 bridgehead atoms. The minimum Gasteiger partial charge on any atom is -0.466 e. The number of benzene rings is 1. The van der Waals surface area contributed by atoms with Gasteiger partial charge in [-0.2, -0.15) is 0 Å².